The number of rotatable bonds is 8. The second-order valence-corrected chi connectivity index (χ2v) is 21.2. The van der Waals surface area contributed by atoms with E-state index in [1.54, 1.807) is 0 Å². The molecule has 80 heavy (non-hydrogen) atoms. The number of nitrogens with zero attached hydrogens (tertiary/aromatic N) is 5. The summed E-state index contributed by atoms with van der Waals surface area (Å²) in [5.74, 6) is 1.70. The molecule has 13 aromatic rings. The molecule has 6 nitrogen and oxygen atoms in total. The Bertz CT molecular complexity index is 4520. The molecule has 17 rings (SSSR count). The van der Waals surface area contributed by atoms with E-state index in [2.05, 4.69) is 309 Å². The molecule has 0 atom stereocenters. The van der Waals surface area contributed by atoms with Gasteiger partial charge in [0.05, 0.1) is 22.4 Å². The molecule has 4 aliphatic rings. The van der Waals surface area contributed by atoms with E-state index in [-0.39, 0.29) is 13.4 Å². The summed E-state index contributed by atoms with van der Waals surface area (Å²) in [5, 5.41) is 2.40. The number of fused-ring (bicyclic) bond motifs is 12. The van der Waals surface area contributed by atoms with Gasteiger partial charge in [0, 0.05) is 85.5 Å². The zero-order valence-corrected chi connectivity index (χ0v) is 43.4. The molecule has 372 valence electrons. The number of para-hydroxylation sites is 9. The van der Waals surface area contributed by atoms with E-state index in [0.29, 0.717) is 0 Å². The van der Waals surface area contributed by atoms with Crippen LogP contribution in [0.2, 0.25) is 0 Å². The molecular formula is C72H47B2N5O. The third kappa shape index (κ3) is 6.50. The quantitative estimate of drug-likeness (QED) is 0.141. The number of aromatic nitrogens is 1. The first-order valence-corrected chi connectivity index (χ1v) is 27.6. The second-order valence-electron chi connectivity index (χ2n) is 21.2. The Morgan fingerprint density at radius 1 is 0.312 bits per heavy atom. The van der Waals surface area contributed by atoms with Crippen molar-refractivity contribution in [2.24, 2.45) is 0 Å². The average molecular weight is 1020 g/mol. The van der Waals surface area contributed by atoms with Crippen LogP contribution in [0.15, 0.2) is 285 Å². The van der Waals surface area contributed by atoms with E-state index >= 15 is 0 Å². The fourth-order valence-corrected chi connectivity index (χ4v) is 13.8. The summed E-state index contributed by atoms with van der Waals surface area (Å²) in [6, 6.07) is 104. The van der Waals surface area contributed by atoms with Crippen LogP contribution in [-0.4, -0.2) is 18.0 Å². The summed E-state index contributed by atoms with van der Waals surface area (Å²) in [6.45, 7) is -0.263. The highest BCUT2D eigenvalue weighted by Gasteiger charge is 2.47. The van der Waals surface area contributed by atoms with Crippen LogP contribution in [0.25, 0.3) is 27.5 Å². The molecule has 0 aliphatic carbocycles. The highest BCUT2D eigenvalue weighted by molar-refractivity contribution is 7.02. The third-order valence-electron chi connectivity index (χ3n) is 16.9. The Morgan fingerprint density at radius 2 is 0.775 bits per heavy atom. The predicted octanol–water partition coefficient (Wildman–Crippen LogP) is 14.7. The van der Waals surface area contributed by atoms with Crippen LogP contribution in [0.1, 0.15) is 0 Å². The van der Waals surface area contributed by atoms with Gasteiger partial charge in [-0.1, -0.05) is 170 Å². The highest BCUT2D eigenvalue weighted by atomic mass is 16.5. The van der Waals surface area contributed by atoms with E-state index in [4.69, 9.17) is 4.74 Å². The number of anilines is 12. The van der Waals surface area contributed by atoms with E-state index in [1.165, 1.54) is 43.8 Å². The molecule has 0 radical (unpaired) electrons. The average Bonchev–Trinajstić information content (AvgIpc) is 3.87. The van der Waals surface area contributed by atoms with Crippen molar-refractivity contribution in [1.82, 2.24) is 4.57 Å². The largest absolute Gasteiger partial charge is 0.458 e. The Balaban J connectivity index is 0.979. The molecule has 0 spiro atoms. The van der Waals surface area contributed by atoms with Gasteiger partial charge in [0.15, 0.2) is 0 Å². The van der Waals surface area contributed by atoms with Gasteiger partial charge < -0.3 is 28.9 Å². The zero-order chi connectivity index (χ0) is 52.4. The lowest BCUT2D eigenvalue weighted by Crippen LogP contribution is -2.63. The fourth-order valence-electron chi connectivity index (χ4n) is 13.8. The molecule has 4 aliphatic heterocycles. The van der Waals surface area contributed by atoms with Crippen molar-refractivity contribution in [1.29, 1.82) is 0 Å². The maximum absolute atomic E-state index is 7.67. The van der Waals surface area contributed by atoms with Gasteiger partial charge in [0.2, 0.25) is 0 Å². The number of benzene rings is 12. The fraction of sp³-hybridized carbons (Fsp3) is 0. The van der Waals surface area contributed by atoms with Gasteiger partial charge in [0.25, 0.3) is 13.4 Å². The topological polar surface area (TPSA) is 27.1 Å². The third-order valence-corrected chi connectivity index (χ3v) is 16.9. The first-order chi connectivity index (χ1) is 39.7. The first kappa shape index (κ1) is 44.7. The summed E-state index contributed by atoms with van der Waals surface area (Å²) in [5.41, 5.74) is 24.0. The molecule has 1 aromatic heterocycles. The van der Waals surface area contributed by atoms with Gasteiger partial charge in [-0.2, -0.15) is 0 Å². The molecule has 0 fully saturated rings. The minimum atomic E-state index is -0.143. The van der Waals surface area contributed by atoms with Gasteiger partial charge in [-0.15, -0.1) is 0 Å². The van der Waals surface area contributed by atoms with Gasteiger partial charge in [-0.25, -0.2) is 0 Å². The Labute approximate surface area is 465 Å². The van der Waals surface area contributed by atoms with E-state index in [9.17, 15) is 0 Å². The number of ether oxygens (including phenoxy) is 1. The molecule has 0 bridgehead atoms. The Morgan fingerprint density at radius 3 is 1.34 bits per heavy atom. The summed E-state index contributed by atoms with van der Waals surface area (Å²) < 4.78 is 10.2. The predicted molar refractivity (Wildman–Crippen MR) is 335 cm³/mol. The van der Waals surface area contributed by atoms with Crippen LogP contribution >= 0.6 is 0 Å². The monoisotopic (exact) mass is 1020 g/mol. The second kappa shape index (κ2) is 17.5. The molecule has 0 amide bonds. The number of hydrogen-bond donors (Lipinski definition) is 0. The summed E-state index contributed by atoms with van der Waals surface area (Å²) in [6.07, 6.45) is 0. The zero-order valence-electron chi connectivity index (χ0n) is 43.4. The number of hydrogen-bond acceptors (Lipinski definition) is 5. The molecule has 5 heterocycles. The first-order valence-electron chi connectivity index (χ1n) is 27.6. The van der Waals surface area contributed by atoms with Gasteiger partial charge in [-0.3, -0.25) is 0 Å². The van der Waals surface area contributed by atoms with Crippen molar-refractivity contribution < 1.29 is 4.74 Å². The Kier molecular flexibility index (Phi) is 9.80. The van der Waals surface area contributed by atoms with Crippen LogP contribution in [0.4, 0.5) is 68.2 Å². The van der Waals surface area contributed by atoms with Gasteiger partial charge in [-0.05, 0) is 136 Å². The summed E-state index contributed by atoms with van der Waals surface area (Å²) in [4.78, 5) is 9.76. The molecule has 0 unspecified atom stereocenters. The normalized spacial score (nSPS) is 13.0. The van der Waals surface area contributed by atoms with Crippen molar-refractivity contribution in [2.45, 2.75) is 0 Å². The van der Waals surface area contributed by atoms with Crippen molar-refractivity contribution in [3.63, 3.8) is 0 Å². The van der Waals surface area contributed by atoms with Crippen LogP contribution in [0, 0.1) is 0 Å². The minimum absolute atomic E-state index is 0.120. The molecule has 0 N–H and O–H groups in total. The molecule has 8 heteroatoms. The summed E-state index contributed by atoms with van der Waals surface area (Å²) in [7, 11) is 0. The van der Waals surface area contributed by atoms with Crippen LogP contribution < -0.4 is 57.1 Å². The SMILES string of the molecule is c1ccc(N(c2ccccc2)c2cc3c4c(c2)N(c2ccccc2)c2ccccc2B4c2cc4c(cc2O3)-n2c3ccccc3c3c(N(c5ccccc5)c5ccccc5)cc5c(c32)B4c2ccccc2N5c2ccccc2)cc1. The van der Waals surface area contributed by atoms with E-state index < -0.39 is 0 Å². The lowest BCUT2D eigenvalue weighted by molar-refractivity contribution is 0.487. The van der Waals surface area contributed by atoms with Crippen LogP contribution in [0.3, 0.4) is 0 Å². The molecule has 0 saturated carbocycles. The maximum atomic E-state index is 7.67. The molecule has 12 aromatic carbocycles. The standard InChI is InChI=1S/C72H47B2N5O/c1-7-25-48(26-8-1)75(49-27-9-2-10-28-49)54-43-65-70-68(44-54)80-67-47-63-58(45-59(67)74(70)57-39-21-24-42-62(57)77(65)52-33-15-5-16-34-52)73-56-38-20-23-41-61(56)78(53-35-17-6-18-36-53)66-46-64(69-55-37-19-22-40-60(55)79(63)72(69)71(66)73)76(50-29-11-3-12-30-50)51-31-13-4-14-32-51/h1-47H. The van der Waals surface area contributed by atoms with Gasteiger partial charge in [0.1, 0.15) is 11.5 Å². The smallest absolute Gasteiger partial charge is 0.256 e. The van der Waals surface area contributed by atoms with Crippen molar-refractivity contribution >= 4 is 136 Å². The van der Waals surface area contributed by atoms with Crippen molar-refractivity contribution in [3.8, 4) is 17.2 Å². The van der Waals surface area contributed by atoms with E-state index in [0.717, 1.165) is 96.2 Å². The highest BCUT2D eigenvalue weighted by Crippen LogP contribution is 2.51. The van der Waals surface area contributed by atoms with Crippen LogP contribution in [0.5, 0.6) is 11.5 Å². The maximum Gasteiger partial charge on any atom is 0.256 e. The van der Waals surface area contributed by atoms with E-state index in [1.807, 2.05) is 0 Å². The van der Waals surface area contributed by atoms with Crippen LogP contribution in [-0.2, 0) is 0 Å². The molecular weight excluding hydrogens is 972 g/mol. The minimum Gasteiger partial charge on any atom is -0.458 e. The Hall–Kier alpha value is -10.4. The van der Waals surface area contributed by atoms with Crippen molar-refractivity contribution in [3.05, 3.63) is 285 Å². The van der Waals surface area contributed by atoms with Gasteiger partial charge >= 0.3 is 0 Å². The lowest BCUT2D eigenvalue weighted by Gasteiger charge is -2.43. The lowest BCUT2D eigenvalue weighted by atomic mass is 9.31. The summed E-state index contributed by atoms with van der Waals surface area (Å²) >= 11 is 0. The van der Waals surface area contributed by atoms with Crippen molar-refractivity contribution in [2.75, 3.05) is 19.6 Å². The molecule has 0 saturated heterocycles.